The first-order chi connectivity index (χ1) is 15.4. The minimum atomic E-state index is -4.55. The van der Waals surface area contributed by atoms with Crippen LogP contribution in [0.4, 0.5) is 13.2 Å². The van der Waals surface area contributed by atoms with Gasteiger partial charge in [0.2, 0.25) is 0 Å². The van der Waals surface area contributed by atoms with Crippen LogP contribution in [0.25, 0.3) is 0 Å². The van der Waals surface area contributed by atoms with Gasteiger partial charge in [0.1, 0.15) is 11.3 Å². The standard InChI is InChI=1S/C22H24F3N3O4S/c1-27(2)33(31,32)28-12-10-21(11-13-28,16-6-5-7-17(14-16)22(23,24)25)15-26-20(30)18-8-3-4-9-19(18)29/h4-7,9,14,29H,10-13,15H2,1-2H3,(H,26,30). The molecule has 1 aliphatic heterocycles. The summed E-state index contributed by atoms with van der Waals surface area (Å²) in [5.41, 5.74) is 3.54. The monoisotopic (exact) mass is 483 g/mol. The lowest BCUT2D eigenvalue weighted by atomic mass is 9.72. The highest BCUT2D eigenvalue weighted by Crippen LogP contribution is 2.39. The quantitative estimate of drug-likeness (QED) is 0.609. The number of rotatable bonds is 6. The molecule has 1 saturated heterocycles. The van der Waals surface area contributed by atoms with E-state index in [1.165, 1.54) is 36.6 Å². The van der Waals surface area contributed by atoms with Crippen LogP contribution in [-0.4, -0.2) is 61.8 Å². The number of aliphatic hydroxyl groups is 1. The second kappa shape index (κ2) is 9.21. The summed E-state index contributed by atoms with van der Waals surface area (Å²) in [5, 5.41) is 12.6. The lowest BCUT2D eigenvalue weighted by Gasteiger charge is -2.42. The van der Waals surface area contributed by atoms with Gasteiger partial charge in [-0.25, -0.2) is 0 Å². The van der Waals surface area contributed by atoms with Crippen molar-refractivity contribution in [3.63, 3.8) is 0 Å². The molecule has 1 heterocycles. The van der Waals surface area contributed by atoms with E-state index in [9.17, 15) is 31.5 Å². The van der Waals surface area contributed by atoms with Crippen molar-refractivity contribution in [2.45, 2.75) is 24.4 Å². The normalized spacial score (nSPS) is 18.7. The van der Waals surface area contributed by atoms with Crippen LogP contribution in [0, 0.1) is 0 Å². The Hall–Kier alpha value is -2.81. The van der Waals surface area contributed by atoms with Gasteiger partial charge in [-0.05, 0) is 36.6 Å². The van der Waals surface area contributed by atoms with Crippen molar-refractivity contribution in [3.05, 3.63) is 70.3 Å². The van der Waals surface area contributed by atoms with Crippen LogP contribution < -0.4 is 5.32 Å². The molecule has 0 bridgehead atoms. The number of nitrogens with one attached hydrogen (secondary N) is 1. The van der Waals surface area contributed by atoms with E-state index in [0.717, 1.165) is 16.4 Å². The molecule has 3 rings (SSSR count). The molecule has 1 fully saturated rings. The molecule has 0 spiro atoms. The molecule has 1 aromatic rings. The zero-order valence-corrected chi connectivity index (χ0v) is 18.9. The SMILES string of the molecule is CN(C)S(=O)(=O)N1CCC(CNC(=O)C2=C=C=CC=C2O)(c2cccc(C(F)(F)F)c2)CC1. The fraction of sp³-hybridized carbons (Fsp3) is 0.409. The molecule has 7 nitrogen and oxygen atoms in total. The molecule has 33 heavy (non-hydrogen) atoms. The number of carbonyl (C=O) groups is 1. The molecule has 1 aliphatic carbocycles. The van der Waals surface area contributed by atoms with Crippen molar-refractivity contribution < 1.29 is 31.5 Å². The summed E-state index contributed by atoms with van der Waals surface area (Å²) in [6, 6.07) is 4.87. The molecule has 0 atom stereocenters. The maximum atomic E-state index is 13.3. The van der Waals surface area contributed by atoms with E-state index in [-0.39, 0.29) is 43.8 Å². The largest absolute Gasteiger partial charge is 0.506 e. The first-order valence-electron chi connectivity index (χ1n) is 10.1. The van der Waals surface area contributed by atoms with Gasteiger partial charge in [0.25, 0.3) is 16.1 Å². The summed E-state index contributed by atoms with van der Waals surface area (Å²) < 4.78 is 67.4. The average Bonchev–Trinajstić information content (AvgIpc) is 2.77. The number of amides is 1. The van der Waals surface area contributed by atoms with Gasteiger partial charge in [-0.15, -0.1) is 0 Å². The van der Waals surface area contributed by atoms with E-state index in [2.05, 4.69) is 16.8 Å². The Morgan fingerprint density at radius 2 is 1.94 bits per heavy atom. The topological polar surface area (TPSA) is 90.0 Å². The molecule has 2 aliphatic rings. The lowest BCUT2D eigenvalue weighted by Crippen LogP contribution is -2.52. The van der Waals surface area contributed by atoms with E-state index >= 15 is 0 Å². The third-order valence-corrected chi connectivity index (χ3v) is 7.80. The van der Waals surface area contributed by atoms with Gasteiger partial charge in [0, 0.05) is 39.1 Å². The molecule has 1 amide bonds. The Bertz CT molecular complexity index is 1170. The minimum Gasteiger partial charge on any atom is -0.506 e. The molecular weight excluding hydrogens is 459 g/mol. The van der Waals surface area contributed by atoms with Gasteiger partial charge in [-0.3, -0.25) is 4.79 Å². The van der Waals surface area contributed by atoms with E-state index in [1.54, 1.807) is 6.07 Å². The van der Waals surface area contributed by atoms with Crippen LogP contribution in [0.2, 0.25) is 0 Å². The average molecular weight is 484 g/mol. The molecule has 0 saturated carbocycles. The van der Waals surface area contributed by atoms with Crippen molar-refractivity contribution >= 4 is 16.1 Å². The second-order valence-corrected chi connectivity index (χ2v) is 10.2. The predicted octanol–water partition coefficient (Wildman–Crippen LogP) is 2.65. The predicted molar refractivity (Wildman–Crippen MR) is 115 cm³/mol. The molecule has 0 unspecified atom stereocenters. The summed E-state index contributed by atoms with van der Waals surface area (Å²) >= 11 is 0. The number of allylic oxidation sites excluding steroid dienone is 2. The number of carbonyl (C=O) groups excluding carboxylic acids is 1. The van der Waals surface area contributed by atoms with Crippen molar-refractivity contribution in [3.8, 4) is 0 Å². The molecule has 0 radical (unpaired) electrons. The van der Waals surface area contributed by atoms with Crippen LogP contribution in [0.15, 0.2) is 59.2 Å². The molecule has 1 aromatic carbocycles. The summed E-state index contributed by atoms with van der Waals surface area (Å²) in [4.78, 5) is 12.6. The van der Waals surface area contributed by atoms with Crippen LogP contribution in [0.3, 0.4) is 0 Å². The van der Waals surface area contributed by atoms with Gasteiger partial charge in [0.05, 0.1) is 5.56 Å². The Kier molecular flexibility index (Phi) is 6.93. The lowest BCUT2D eigenvalue weighted by molar-refractivity contribution is -0.137. The maximum Gasteiger partial charge on any atom is 0.416 e. The van der Waals surface area contributed by atoms with E-state index in [1.807, 2.05) is 0 Å². The molecule has 2 N–H and O–H groups in total. The third kappa shape index (κ3) is 5.24. The summed E-state index contributed by atoms with van der Waals surface area (Å²) in [7, 11) is -0.873. The highest BCUT2D eigenvalue weighted by molar-refractivity contribution is 7.86. The molecule has 0 aromatic heterocycles. The number of piperidine rings is 1. The summed E-state index contributed by atoms with van der Waals surface area (Å²) in [6.45, 7) is 0.0947. The fourth-order valence-corrected chi connectivity index (χ4v) is 4.97. The summed E-state index contributed by atoms with van der Waals surface area (Å²) in [6.07, 6.45) is -1.50. The van der Waals surface area contributed by atoms with Crippen molar-refractivity contribution in [2.24, 2.45) is 0 Å². The Morgan fingerprint density at radius 1 is 1.27 bits per heavy atom. The molecular formula is C22H24F3N3O4S. The fourth-order valence-electron chi connectivity index (χ4n) is 3.86. The van der Waals surface area contributed by atoms with Crippen LogP contribution >= 0.6 is 0 Å². The highest BCUT2D eigenvalue weighted by Gasteiger charge is 2.41. The van der Waals surface area contributed by atoms with E-state index in [0.29, 0.717) is 5.56 Å². The first kappa shape index (κ1) is 24.8. The van der Waals surface area contributed by atoms with Gasteiger partial charge >= 0.3 is 6.18 Å². The zero-order valence-electron chi connectivity index (χ0n) is 18.1. The van der Waals surface area contributed by atoms with E-state index in [4.69, 9.17) is 0 Å². The number of nitrogens with zero attached hydrogens (tertiary/aromatic N) is 2. The van der Waals surface area contributed by atoms with Gasteiger partial charge in [0.15, 0.2) is 0 Å². The second-order valence-electron chi connectivity index (χ2n) is 8.09. The minimum absolute atomic E-state index is 0.0504. The Morgan fingerprint density at radius 3 is 2.52 bits per heavy atom. The van der Waals surface area contributed by atoms with Crippen molar-refractivity contribution in [1.29, 1.82) is 0 Å². The Labute approximate surface area is 190 Å². The van der Waals surface area contributed by atoms with Crippen LogP contribution in [-0.2, 0) is 26.6 Å². The van der Waals surface area contributed by atoms with Crippen molar-refractivity contribution in [1.82, 2.24) is 13.9 Å². The molecule has 11 heteroatoms. The number of alkyl halides is 3. The number of hydrogen-bond acceptors (Lipinski definition) is 4. The van der Waals surface area contributed by atoms with Crippen molar-refractivity contribution in [2.75, 3.05) is 33.7 Å². The molecule has 178 valence electrons. The van der Waals surface area contributed by atoms with Crippen LogP contribution in [0.1, 0.15) is 24.0 Å². The number of halogens is 3. The third-order valence-electron chi connectivity index (χ3n) is 5.86. The number of benzene rings is 1. The first-order valence-corrected chi connectivity index (χ1v) is 11.5. The van der Waals surface area contributed by atoms with E-state index < -0.39 is 33.3 Å². The maximum absolute atomic E-state index is 13.3. The zero-order chi connectivity index (χ0) is 24.4. The number of hydrogen-bond donors (Lipinski definition) is 2. The Balaban J connectivity index is 1.91. The highest BCUT2D eigenvalue weighted by atomic mass is 32.2. The van der Waals surface area contributed by atoms with Crippen LogP contribution in [0.5, 0.6) is 0 Å². The summed E-state index contributed by atoms with van der Waals surface area (Å²) in [5.74, 6) is -0.953. The van der Waals surface area contributed by atoms with Gasteiger partial charge < -0.3 is 10.4 Å². The number of aliphatic hydroxyl groups excluding tert-OH is 1. The smallest absolute Gasteiger partial charge is 0.416 e. The van der Waals surface area contributed by atoms with Gasteiger partial charge in [-0.2, -0.15) is 30.2 Å². The van der Waals surface area contributed by atoms with Gasteiger partial charge in [-0.1, -0.05) is 29.7 Å².